The summed E-state index contributed by atoms with van der Waals surface area (Å²) in [7, 11) is -10.8. The molecule has 0 saturated heterocycles. The molecule has 0 bridgehead atoms. The molecule has 17 nitrogen and oxygen atoms in total. The molecule has 19 heteroatoms. The Labute approximate surface area is 417 Å². The zero-order chi connectivity index (χ0) is 51.9. The number of phosphoric acid groups is 2. The van der Waals surface area contributed by atoms with E-state index in [-0.39, 0.29) is 25.7 Å². The topological polar surface area (TPSA) is 276 Å². The maximum Gasteiger partial charge on any atom is 0.472 e. The molecule has 0 spiro atoms. The molecule has 1 aliphatic carbocycles. The first kappa shape index (κ1) is 65.4. The first-order valence-corrected chi connectivity index (χ1v) is 28.6. The second-order valence-corrected chi connectivity index (χ2v) is 20.3. The van der Waals surface area contributed by atoms with Gasteiger partial charge in [0.25, 0.3) is 0 Å². The van der Waals surface area contributed by atoms with Gasteiger partial charge in [0.15, 0.2) is 6.10 Å². The van der Waals surface area contributed by atoms with Crippen LogP contribution in [-0.4, -0.2) is 114 Å². The zero-order valence-electron chi connectivity index (χ0n) is 41.8. The molecule has 6 unspecified atom stereocenters. The molecule has 1 saturated carbocycles. The van der Waals surface area contributed by atoms with Crippen molar-refractivity contribution in [3.63, 3.8) is 0 Å². The van der Waals surface area contributed by atoms with E-state index in [1.165, 1.54) is 77.0 Å². The highest BCUT2D eigenvalue weighted by atomic mass is 31.2. The Kier molecular flexibility index (Phi) is 38.2. The third kappa shape index (κ3) is 34.7. The first-order chi connectivity index (χ1) is 33.5. The van der Waals surface area contributed by atoms with Crippen molar-refractivity contribution in [1.29, 1.82) is 0 Å². The van der Waals surface area contributed by atoms with Gasteiger partial charge in [0, 0.05) is 12.8 Å². The van der Waals surface area contributed by atoms with Crippen LogP contribution in [0.4, 0.5) is 0 Å². The fourth-order valence-electron chi connectivity index (χ4n) is 7.43. The van der Waals surface area contributed by atoms with Gasteiger partial charge in [-0.25, -0.2) is 9.13 Å². The summed E-state index contributed by atoms with van der Waals surface area (Å²) in [4.78, 5) is 54.4. The van der Waals surface area contributed by atoms with Crippen LogP contribution in [0.25, 0.3) is 0 Å². The number of ether oxygens (including phenoxy) is 2. The monoisotopic (exact) mass is 1030 g/mol. The molecule has 1 rings (SSSR count). The number of aliphatic hydroxyl groups is 5. The maximum atomic E-state index is 13.0. The van der Waals surface area contributed by atoms with Crippen molar-refractivity contribution in [2.24, 2.45) is 0 Å². The molecule has 0 aromatic heterocycles. The maximum absolute atomic E-state index is 13.0. The van der Waals surface area contributed by atoms with E-state index in [0.29, 0.717) is 6.42 Å². The van der Waals surface area contributed by atoms with Crippen LogP contribution in [-0.2, 0) is 41.8 Å². The predicted octanol–water partition coefficient (Wildman–Crippen LogP) is 9.37. The quantitative estimate of drug-likeness (QED) is 0.00929. The minimum Gasteiger partial charge on any atom is -0.462 e. The number of unbranched alkanes of at least 4 members (excludes halogenated alkanes) is 16. The summed E-state index contributed by atoms with van der Waals surface area (Å²) in [5, 5.41) is 51.6. The molecular formula is C51H88O17P2. The number of hydrogen-bond acceptors (Lipinski definition) is 14. The minimum absolute atomic E-state index is 0.0838. The van der Waals surface area contributed by atoms with Crippen molar-refractivity contribution < 1.29 is 82.0 Å². The molecule has 1 fully saturated rings. The number of allylic oxidation sites excluding steroid dienone is 10. The van der Waals surface area contributed by atoms with Crippen LogP contribution in [0, 0.1) is 0 Å². The fraction of sp³-hybridized carbons (Fsp3) is 0.725. The summed E-state index contributed by atoms with van der Waals surface area (Å²) in [6.45, 7) is 2.87. The lowest BCUT2D eigenvalue weighted by atomic mass is 9.85. The van der Waals surface area contributed by atoms with Crippen LogP contribution in [0.15, 0.2) is 72.9 Å². The van der Waals surface area contributed by atoms with Crippen LogP contribution in [0.5, 0.6) is 0 Å². The summed E-state index contributed by atoms with van der Waals surface area (Å²) < 4.78 is 49.3. The summed E-state index contributed by atoms with van der Waals surface area (Å²) >= 11 is 0. The third-order valence-corrected chi connectivity index (χ3v) is 12.9. The highest BCUT2D eigenvalue weighted by Gasteiger charge is 2.54. The molecule has 8 N–H and O–H groups in total. The lowest BCUT2D eigenvalue weighted by Crippen LogP contribution is -2.64. The number of hydrogen-bond donors (Lipinski definition) is 8. The second kappa shape index (κ2) is 40.8. The van der Waals surface area contributed by atoms with E-state index < -0.39 is 89.6 Å². The molecular weight excluding hydrogens is 946 g/mol. The minimum atomic E-state index is -5.39. The smallest absolute Gasteiger partial charge is 0.462 e. The van der Waals surface area contributed by atoms with Gasteiger partial charge >= 0.3 is 27.6 Å². The Balaban J connectivity index is 2.64. The Hall–Kier alpha value is -2.60. The van der Waals surface area contributed by atoms with E-state index >= 15 is 0 Å². The van der Waals surface area contributed by atoms with Crippen molar-refractivity contribution in [2.75, 3.05) is 13.2 Å². The van der Waals surface area contributed by atoms with Crippen molar-refractivity contribution in [2.45, 2.75) is 223 Å². The summed E-state index contributed by atoms with van der Waals surface area (Å²) in [5.74, 6) is -1.39. The fourth-order valence-corrected chi connectivity index (χ4v) is 8.97. The van der Waals surface area contributed by atoms with Gasteiger partial charge in [0.05, 0.1) is 12.7 Å². The Bertz CT molecular complexity index is 1640. The highest BCUT2D eigenvalue weighted by molar-refractivity contribution is 7.47. The lowest BCUT2D eigenvalue weighted by Gasteiger charge is -2.43. The Morgan fingerprint density at radius 1 is 0.543 bits per heavy atom. The van der Waals surface area contributed by atoms with E-state index in [2.05, 4.69) is 54.8 Å². The van der Waals surface area contributed by atoms with Crippen LogP contribution >= 0.6 is 15.6 Å². The van der Waals surface area contributed by atoms with Gasteiger partial charge in [0.1, 0.15) is 43.2 Å². The summed E-state index contributed by atoms with van der Waals surface area (Å²) in [6.07, 6.45) is 31.6. The third-order valence-electron chi connectivity index (χ3n) is 11.4. The van der Waals surface area contributed by atoms with Gasteiger partial charge < -0.3 is 49.7 Å². The van der Waals surface area contributed by atoms with Crippen LogP contribution < -0.4 is 0 Å². The SMILES string of the molecule is CC/C=C\C/C=C\C/C=C\C/C=C\C=C/C(O)C/C=C\CCC(=O)O[C@H](COC(=O)CCCCCCCCCCCCCCCCCCC)COP(=O)(O)O[C@H]1C(O)C(O)C(O)[C@@H](OP(=O)(O)O)C1O. The van der Waals surface area contributed by atoms with Gasteiger partial charge in [-0.05, 0) is 44.9 Å². The van der Waals surface area contributed by atoms with Gasteiger partial charge in [-0.3, -0.25) is 23.2 Å². The number of aliphatic hydroxyl groups excluding tert-OH is 5. The predicted molar refractivity (Wildman–Crippen MR) is 270 cm³/mol. The normalized spacial score (nSPS) is 22.0. The molecule has 1 aliphatic rings. The average molecular weight is 1040 g/mol. The number of phosphoric ester groups is 2. The average Bonchev–Trinajstić information content (AvgIpc) is 3.31. The summed E-state index contributed by atoms with van der Waals surface area (Å²) in [6, 6.07) is 0. The number of rotatable bonds is 42. The highest BCUT2D eigenvalue weighted by Crippen LogP contribution is 2.49. The largest absolute Gasteiger partial charge is 0.472 e. The first-order valence-electron chi connectivity index (χ1n) is 25.6. The van der Waals surface area contributed by atoms with Gasteiger partial charge in [0.2, 0.25) is 0 Å². The van der Waals surface area contributed by atoms with Gasteiger partial charge in [-0.1, -0.05) is 189 Å². The Morgan fingerprint density at radius 2 is 1.04 bits per heavy atom. The van der Waals surface area contributed by atoms with Crippen molar-refractivity contribution in [3.8, 4) is 0 Å². The molecule has 0 heterocycles. The molecule has 9 atom stereocenters. The molecule has 70 heavy (non-hydrogen) atoms. The summed E-state index contributed by atoms with van der Waals surface area (Å²) in [5.41, 5.74) is 0. The second-order valence-electron chi connectivity index (χ2n) is 17.7. The van der Waals surface area contributed by atoms with Crippen LogP contribution in [0.3, 0.4) is 0 Å². The van der Waals surface area contributed by atoms with E-state index in [0.717, 1.165) is 51.4 Å². The molecule has 404 valence electrons. The number of esters is 2. The molecule has 0 amide bonds. The van der Waals surface area contributed by atoms with E-state index in [4.69, 9.17) is 18.5 Å². The van der Waals surface area contributed by atoms with E-state index in [9.17, 15) is 58.9 Å². The zero-order valence-corrected chi connectivity index (χ0v) is 43.6. The number of carbonyl (C=O) groups is 2. The van der Waals surface area contributed by atoms with Crippen molar-refractivity contribution in [1.82, 2.24) is 0 Å². The molecule has 0 radical (unpaired) electrons. The van der Waals surface area contributed by atoms with Crippen molar-refractivity contribution in [3.05, 3.63) is 72.9 Å². The van der Waals surface area contributed by atoms with Crippen LogP contribution in [0.2, 0.25) is 0 Å². The van der Waals surface area contributed by atoms with Gasteiger partial charge in [-0.15, -0.1) is 0 Å². The molecule has 0 aromatic carbocycles. The lowest BCUT2D eigenvalue weighted by molar-refractivity contribution is -0.216. The van der Waals surface area contributed by atoms with E-state index in [1.54, 1.807) is 24.3 Å². The van der Waals surface area contributed by atoms with E-state index in [1.807, 2.05) is 12.2 Å². The van der Waals surface area contributed by atoms with Gasteiger partial charge in [-0.2, -0.15) is 0 Å². The standard InChI is InChI=1S/C51H88O17P2/c1-3-5-7-9-11-13-15-17-18-19-20-22-24-26-28-30-34-38-44(53)64-40-43(41-65-70(62,63)68-51-48(57)46(55)47(56)50(49(51)58)67-69(59,60)61)66-45(54)39-35-31-33-37-42(52)36-32-29-27-25-23-21-16-14-12-10-8-6-4-2/h6,8,12,14,21,23,27,29,31-33,36,42-43,46-52,55-58H,3-5,7,9-11,13,15-20,22,24-26,28,30,34-35,37-41H2,1-2H3,(H,62,63)(H2,59,60,61)/b8-6-,14-12-,23-21-,29-27-,33-31-,36-32-/t42?,43-,46?,47?,48?,49?,50-,51+/m1/s1. The number of carbonyl (C=O) groups excluding carboxylic acids is 2. The Morgan fingerprint density at radius 3 is 1.57 bits per heavy atom. The van der Waals surface area contributed by atoms with Crippen molar-refractivity contribution >= 4 is 27.6 Å². The van der Waals surface area contributed by atoms with Crippen LogP contribution in [0.1, 0.15) is 174 Å². The molecule has 0 aliphatic heterocycles. The molecule has 0 aromatic rings.